The number of hydrogen-bond acceptors (Lipinski definition) is 6. The quantitative estimate of drug-likeness (QED) is 0.505. The highest BCUT2D eigenvalue weighted by atomic mass is 32.2. The lowest BCUT2D eigenvalue weighted by Gasteiger charge is -2.23. The van der Waals surface area contributed by atoms with Gasteiger partial charge in [0.2, 0.25) is 5.91 Å². The molecule has 29 heavy (non-hydrogen) atoms. The number of carbonyl (C=O) groups is 1. The number of thiazole rings is 1. The predicted octanol–water partition coefficient (Wildman–Crippen LogP) is 4.75. The molecule has 4 rings (SSSR count). The molecular formula is C21H21FN2O3S2. The highest BCUT2D eigenvalue weighted by Crippen LogP contribution is 2.33. The number of hydrogen-bond donors (Lipinski definition) is 0. The van der Waals surface area contributed by atoms with Crippen LogP contribution in [0.25, 0.3) is 10.2 Å². The molecule has 1 atom stereocenters. The van der Waals surface area contributed by atoms with Crippen LogP contribution in [0.4, 0.5) is 9.52 Å². The molecular weight excluding hydrogens is 411 g/mol. The Balaban J connectivity index is 1.55. The summed E-state index contributed by atoms with van der Waals surface area (Å²) in [5.41, 5.74) is 0.835. The summed E-state index contributed by atoms with van der Waals surface area (Å²) in [6.07, 6.45) is 1.97. The van der Waals surface area contributed by atoms with Crippen LogP contribution < -0.4 is 9.64 Å². The van der Waals surface area contributed by atoms with Crippen LogP contribution in [0.15, 0.2) is 47.4 Å². The number of carbonyl (C=O) groups excluding carboxylic acids is 1. The smallest absolute Gasteiger partial charge is 0.239 e. The second-order valence-corrected chi connectivity index (χ2v) is 8.77. The number of halogens is 1. The zero-order chi connectivity index (χ0) is 20.2. The summed E-state index contributed by atoms with van der Waals surface area (Å²) in [7, 11) is 1.63. The molecule has 0 saturated carbocycles. The zero-order valence-electron chi connectivity index (χ0n) is 16.0. The summed E-state index contributed by atoms with van der Waals surface area (Å²) in [4.78, 5) is 20.3. The minimum absolute atomic E-state index is 0.0244. The Kier molecular flexibility index (Phi) is 6.32. The monoisotopic (exact) mass is 432 g/mol. The van der Waals surface area contributed by atoms with E-state index in [1.54, 1.807) is 24.1 Å². The van der Waals surface area contributed by atoms with Gasteiger partial charge in [0, 0.05) is 11.5 Å². The average Bonchev–Trinajstić information content (AvgIpc) is 3.40. The van der Waals surface area contributed by atoms with Gasteiger partial charge in [0.15, 0.2) is 5.13 Å². The number of amides is 1. The predicted molar refractivity (Wildman–Crippen MR) is 115 cm³/mol. The third-order valence-electron chi connectivity index (χ3n) is 4.70. The minimum atomic E-state index is -0.286. The molecule has 3 aromatic rings. The van der Waals surface area contributed by atoms with Crippen LogP contribution in [0.3, 0.4) is 0 Å². The van der Waals surface area contributed by atoms with E-state index in [9.17, 15) is 9.18 Å². The van der Waals surface area contributed by atoms with Crippen molar-refractivity contribution in [3.05, 3.63) is 48.3 Å². The molecule has 0 spiro atoms. The highest BCUT2D eigenvalue weighted by Gasteiger charge is 2.26. The number of nitrogens with zero attached hydrogens (tertiary/aromatic N) is 2. The molecule has 1 amide bonds. The molecule has 1 aliphatic heterocycles. The lowest BCUT2D eigenvalue weighted by Crippen LogP contribution is -2.38. The van der Waals surface area contributed by atoms with Gasteiger partial charge < -0.3 is 9.47 Å². The number of thioether (sulfide) groups is 1. The van der Waals surface area contributed by atoms with Crippen LogP contribution >= 0.6 is 23.1 Å². The Morgan fingerprint density at radius 1 is 1.34 bits per heavy atom. The van der Waals surface area contributed by atoms with Crippen molar-refractivity contribution in [2.45, 2.75) is 23.8 Å². The summed E-state index contributed by atoms with van der Waals surface area (Å²) in [6.45, 7) is 1.22. The zero-order valence-corrected chi connectivity index (χ0v) is 17.6. The molecule has 0 bridgehead atoms. The molecule has 2 heterocycles. The molecule has 152 valence electrons. The second kappa shape index (κ2) is 9.11. The van der Waals surface area contributed by atoms with E-state index in [4.69, 9.17) is 9.47 Å². The van der Waals surface area contributed by atoms with Gasteiger partial charge >= 0.3 is 0 Å². The summed E-state index contributed by atoms with van der Waals surface area (Å²) >= 11 is 2.86. The summed E-state index contributed by atoms with van der Waals surface area (Å²) < 4.78 is 25.1. The molecule has 1 aliphatic rings. The van der Waals surface area contributed by atoms with E-state index in [-0.39, 0.29) is 23.6 Å². The normalized spacial score (nSPS) is 16.3. The van der Waals surface area contributed by atoms with Gasteiger partial charge in [-0.25, -0.2) is 9.37 Å². The average molecular weight is 433 g/mol. The van der Waals surface area contributed by atoms with Crippen molar-refractivity contribution in [2.75, 3.05) is 30.9 Å². The van der Waals surface area contributed by atoms with E-state index in [2.05, 4.69) is 4.98 Å². The van der Waals surface area contributed by atoms with E-state index < -0.39 is 0 Å². The van der Waals surface area contributed by atoms with Gasteiger partial charge in [-0.1, -0.05) is 11.3 Å². The molecule has 2 aromatic carbocycles. The second-order valence-electron chi connectivity index (χ2n) is 6.71. The lowest BCUT2D eigenvalue weighted by molar-refractivity contribution is -0.116. The number of fused-ring (bicyclic) bond motifs is 1. The van der Waals surface area contributed by atoms with Crippen molar-refractivity contribution < 1.29 is 18.7 Å². The first-order chi connectivity index (χ1) is 14.1. The Hall–Kier alpha value is -2.16. The first kappa shape index (κ1) is 20.1. The Morgan fingerprint density at radius 3 is 2.90 bits per heavy atom. The topological polar surface area (TPSA) is 51.7 Å². The van der Waals surface area contributed by atoms with E-state index in [0.29, 0.717) is 11.7 Å². The Morgan fingerprint density at radius 2 is 2.17 bits per heavy atom. The van der Waals surface area contributed by atoms with Crippen molar-refractivity contribution in [3.8, 4) is 5.75 Å². The van der Waals surface area contributed by atoms with Crippen LogP contribution in [-0.4, -0.2) is 43.0 Å². The van der Waals surface area contributed by atoms with Crippen LogP contribution in [-0.2, 0) is 9.53 Å². The molecule has 0 radical (unpaired) electrons. The fourth-order valence-electron chi connectivity index (χ4n) is 3.17. The molecule has 0 aliphatic carbocycles. The van der Waals surface area contributed by atoms with Gasteiger partial charge in [-0.05, 0) is 55.3 Å². The van der Waals surface area contributed by atoms with E-state index in [0.717, 1.165) is 40.3 Å². The maximum absolute atomic E-state index is 13.1. The molecule has 1 aromatic heterocycles. The minimum Gasteiger partial charge on any atom is -0.497 e. The van der Waals surface area contributed by atoms with Gasteiger partial charge in [0.05, 0.1) is 35.7 Å². The van der Waals surface area contributed by atoms with Gasteiger partial charge in [-0.15, -0.1) is 11.8 Å². The standard InChI is InChI=1S/C21H21FN2O3S2/c1-26-15-6-9-18-19(11-15)29-21(23-18)24(12-16-3-2-10-27-16)20(25)13-28-17-7-4-14(22)5-8-17/h4-9,11,16H,2-3,10,12-13H2,1H3. The molecule has 0 N–H and O–H groups in total. The fourth-order valence-corrected chi connectivity index (χ4v) is 4.96. The Bertz CT molecular complexity index is 987. The molecule has 1 fully saturated rings. The maximum Gasteiger partial charge on any atom is 0.239 e. The van der Waals surface area contributed by atoms with Crippen molar-refractivity contribution in [3.63, 3.8) is 0 Å². The highest BCUT2D eigenvalue weighted by molar-refractivity contribution is 8.00. The number of rotatable bonds is 7. The molecule has 8 heteroatoms. The third kappa shape index (κ3) is 4.88. The maximum atomic E-state index is 13.1. The van der Waals surface area contributed by atoms with Crippen LogP contribution in [0.1, 0.15) is 12.8 Å². The number of benzene rings is 2. The van der Waals surface area contributed by atoms with Crippen molar-refractivity contribution in [2.24, 2.45) is 0 Å². The van der Waals surface area contributed by atoms with Crippen LogP contribution in [0.5, 0.6) is 5.75 Å². The molecule has 1 unspecified atom stereocenters. The molecule has 5 nitrogen and oxygen atoms in total. The van der Waals surface area contributed by atoms with E-state index in [1.165, 1.54) is 35.2 Å². The van der Waals surface area contributed by atoms with Crippen molar-refractivity contribution in [1.29, 1.82) is 0 Å². The largest absolute Gasteiger partial charge is 0.497 e. The van der Waals surface area contributed by atoms with Crippen molar-refractivity contribution >= 4 is 44.4 Å². The first-order valence-corrected chi connectivity index (χ1v) is 11.2. The van der Waals surface area contributed by atoms with E-state index >= 15 is 0 Å². The van der Waals surface area contributed by atoms with Gasteiger partial charge in [0.25, 0.3) is 0 Å². The van der Waals surface area contributed by atoms with Gasteiger partial charge in [0.1, 0.15) is 11.6 Å². The number of ether oxygens (including phenoxy) is 2. The van der Waals surface area contributed by atoms with Gasteiger partial charge in [-0.2, -0.15) is 0 Å². The SMILES string of the molecule is COc1ccc2nc(N(CC3CCCO3)C(=O)CSc3ccc(F)cc3)sc2c1. The Labute approximate surface area is 176 Å². The fraction of sp³-hybridized carbons (Fsp3) is 0.333. The van der Waals surface area contributed by atoms with Gasteiger partial charge in [-0.3, -0.25) is 9.69 Å². The van der Waals surface area contributed by atoms with E-state index in [1.807, 2.05) is 18.2 Å². The number of aromatic nitrogens is 1. The number of methoxy groups -OCH3 is 1. The summed E-state index contributed by atoms with van der Waals surface area (Å²) in [5.74, 6) is 0.681. The first-order valence-electron chi connectivity index (χ1n) is 9.37. The molecule has 1 saturated heterocycles. The van der Waals surface area contributed by atoms with Crippen LogP contribution in [0.2, 0.25) is 0 Å². The lowest BCUT2D eigenvalue weighted by atomic mass is 10.2. The summed E-state index contributed by atoms with van der Waals surface area (Å²) in [6, 6.07) is 11.9. The summed E-state index contributed by atoms with van der Waals surface area (Å²) in [5, 5.41) is 0.661. The number of anilines is 1. The third-order valence-corrected chi connectivity index (χ3v) is 6.74. The van der Waals surface area contributed by atoms with Crippen LogP contribution in [0, 0.1) is 5.82 Å². The van der Waals surface area contributed by atoms with Crippen molar-refractivity contribution in [1.82, 2.24) is 4.98 Å².